The maximum Gasteiger partial charge on any atom is 0.306 e. The molecule has 3 N–H and O–H groups in total. The van der Waals surface area contributed by atoms with Gasteiger partial charge in [0.05, 0.1) is 19.3 Å². The van der Waals surface area contributed by atoms with Gasteiger partial charge in [0.15, 0.2) is 0 Å². The van der Waals surface area contributed by atoms with Crippen molar-refractivity contribution in [3.05, 3.63) is 0 Å². The molecule has 0 bridgehead atoms. The van der Waals surface area contributed by atoms with E-state index >= 15 is 0 Å². The molecule has 1 aliphatic carbocycles. The van der Waals surface area contributed by atoms with E-state index in [9.17, 15) is 13.2 Å². The third kappa shape index (κ3) is 4.43. The largest absolute Gasteiger partial charge is 0.469 e. The van der Waals surface area contributed by atoms with E-state index in [1.165, 1.54) is 7.11 Å². The van der Waals surface area contributed by atoms with E-state index < -0.39 is 21.5 Å². The van der Waals surface area contributed by atoms with Crippen molar-refractivity contribution in [2.24, 2.45) is 11.7 Å². The molecule has 0 aromatic carbocycles. The fourth-order valence-electron chi connectivity index (χ4n) is 2.59. The molecule has 2 atom stereocenters. The number of rotatable bonds is 6. The maximum absolute atomic E-state index is 12.1. The Hall–Kier alpha value is -0.660. The number of hydrogen-bond acceptors (Lipinski definition) is 5. The van der Waals surface area contributed by atoms with Gasteiger partial charge in [-0.05, 0) is 18.8 Å². The van der Waals surface area contributed by atoms with Gasteiger partial charge in [0.1, 0.15) is 0 Å². The van der Waals surface area contributed by atoms with Gasteiger partial charge in [0.2, 0.25) is 10.0 Å². The van der Waals surface area contributed by atoms with Crippen LogP contribution in [0.5, 0.6) is 0 Å². The van der Waals surface area contributed by atoms with Crippen molar-refractivity contribution in [3.8, 4) is 0 Å². The third-order valence-electron chi connectivity index (χ3n) is 3.98. The van der Waals surface area contributed by atoms with Crippen molar-refractivity contribution >= 4 is 16.0 Å². The average Bonchev–Trinajstić information content (AvgIpc) is 2.38. The summed E-state index contributed by atoms with van der Waals surface area (Å²) in [4.78, 5) is 11.0. The zero-order chi connectivity index (χ0) is 14.5. The SMILES string of the molecule is COC(=O)CCS(=O)(=O)NC1(CN)CCCCC1C. The Labute approximate surface area is 115 Å². The number of nitrogens with one attached hydrogen (secondary N) is 1. The molecule has 2 unspecified atom stereocenters. The van der Waals surface area contributed by atoms with Crippen molar-refractivity contribution in [1.82, 2.24) is 4.72 Å². The first-order valence-electron chi connectivity index (χ1n) is 6.64. The highest BCUT2D eigenvalue weighted by atomic mass is 32.2. The minimum absolute atomic E-state index is 0.138. The van der Waals surface area contributed by atoms with Gasteiger partial charge in [-0.3, -0.25) is 4.79 Å². The number of nitrogens with two attached hydrogens (primary N) is 1. The van der Waals surface area contributed by atoms with E-state index in [0.717, 1.165) is 25.7 Å². The Balaban J connectivity index is 2.71. The molecule has 1 fully saturated rings. The molecular weight excluding hydrogens is 268 g/mol. The molecule has 7 heteroatoms. The first-order valence-corrected chi connectivity index (χ1v) is 8.29. The van der Waals surface area contributed by atoms with Gasteiger partial charge in [0, 0.05) is 12.1 Å². The summed E-state index contributed by atoms with van der Waals surface area (Å²) in [5, 5.41) is 0. The number of ether oxygens (including phenoxy) is 1. The molecular formula is C12H24N2O4S. The number of esters is 1. The lowest BCUT2D eigenvalue weighted by Crippen LogP contribution is -2.59. The molecule has 1 saturated carbocycles. The van der Waals surface area contributed by atoms with Crippen LogP contribution < -0.4 is 10.5 Å². The first-order chi connectivity index (χ1) is 8.85. The Morgan fingerprint density at radius 3 is 2.68 bits per heavy atom. The van der Waals surface area contributed by atoms with Crippen LogP contribution in [-0.2, 0) is 19.6 Å². The second kappa shape index (κ2) is 6.67. The highest BCUT2D eigenvalue weighted by Crippen LogP contribution is 2.33. The van der Waals surface area contributed by atoms with Gasteiger partial charge in [-0.1, -0.05) is 19.8 Å². The minimum atomic E-state index is -3.52. The molecule has 112 valence electrons. The first kappa shape index (κ1) is 16.4. The van der Waals surface area contributed by atoms with Crippen molar-refractivity contribution in [2.45, 2.75) is 44.6 Å². The van der Waals surface area contributed by atoms with Crippen LogP contribution >= 0.6 is 0 Å². The molecule has 0 radical (unpaired) electrons. The summed E-state index contributed by atoms with van der Waals surface area (Å²) in [5.41, 5.74) is 5.24. The molecule has 0 aromatic rings. The second-order valence-corrected chi connectivity index (χ2v) is 7.10. The van der Waals surface area contributed by atoms with Crippen molar-refractivity contribution in [2.75, 3.05) is 19.4 Å². The van der Waals surface area contributed by atoms with Crippen molar-refractivity contribution < 1.29 is 17.9 Å². The van der Waals surface area contributed by atoms with Crippen LogP contribution in [0.2, 0.25) is 0 Å². The summed E-state index contributed by atoms with van der Waals surface area (Å²) < 4.78 is 31.3. The highest BCUT2D eigenvalue weighted by molar-refractivity contribution is 7.89. The van der Waals surface area contributed by atoms with Crippen molar-refractivity contribution in [3.63, 3.8) is 0 Å². The topological polar surface area (TPSA) is 98.5 Å². The van der Waals surface area contributed by atoms with Gasteiger partial charge in [-0.25, -0.2) is 13.1 Å². The summed E-state index contributed by atoms with van der Waals surface area (Å²) in [6.45, 7) is 2.31. The van der Waals surface area contributed by atoms with Crippen LogP contribution in [0.15, 0.2) is 0 Å². The van der Waals surface area contributed by atoms with Crippen LogP contribution in [0.4, 0.5) is 0 Å². The molecule has 0 saturated heterocycles. The number of methoxy groups -OCH3 is 1. The number of carbonyl (C=O) groups excluding carboxylic acids is 1. The second-order valence-electron chi connectivity index (χ2n) is 5.25. The molecule has 0 spiro atoms. The lowest BCUT2D eigenvalue weighted by Gasteiger charge is -2.42. The number of carbonyl (C=O) groups is 1. The van der Waals surface area contributed by atoms with Gasteiger partial charge >= 0.3 is 5.97 Å². The standard InChI is InChI=1S/C12H24N2O4S/c1-10-5-3-4-7-12(10,9-13)14-19(16,17)8-6-11(15)18-2/h10,14H,3-9,13H2,1-2H3. The summed E-state index contributed by atoms with van der Waals surface area (Å²) in [6.07, 6.45) is 3.66. The van der Waals surface area contributed by atoms with Gasteiger partial charge < -0.3 is 10.5 Å². The zero-order valence-corrected chi connectivity index (χ0v) is 12.5. The molecule has 0 heterocycles. The normalized spacial score (nSPS) is 28.1. The lowest BCUT2D eigenvalue weighted by molar-refractivity contribution is -0.140. The molecule has 6 nitrogen and oxygen atoms in total. The molecule has 19 heavy (non-hydrogen) atoms. The summed E-state index contributed by atoms with van der Waals surface area (Å²) >= 11 is 0. The van der Waals surface area contributed by atoms with E-state index in [4.69, 9.17) is 5.73 Å². The van der Waals surface area contributed by atoms with E-state index in [-0.39, 0.29) is 24.6 Å². The van der Waals surface area contributed by atoms with E-state index in [1.807, 2.05) is 6.92 Å². The molecule has 1 rings (SSSR count). The van der Waals surface area contributed by atoms with Crippen molar-refractivity contribution in [1.29, 1.82) is 0 Å². The third-order valence-corrected chi connectivity index (χ3v) is 5.44. The zero-order valence-electron chi connectivity index (χ0n) is 11.6. The van der Waals surface area contributed by atoms with Crippen LogP contribution in [0.25, 0.3) is 0 Å². The van der Waals surface area contributed by atoms with Crippen LogP contribution in [0.3, 0.4) is 0 Å². The predicted molar refractivity (Wildman–Crippen MR) is 73.0 cm³/mol. The predicted octanol–water partition coefficient (Wildman–Crippen LogP) is 0.377. The molecule has 1 aliphatic rings. The quantitative estimate of drug-likeness (QED) is 0.689. The maximum atomic E-state index is 12.1. The average molecular weight is 292 g/mol. The van der Waals surface area contributed by atoms with E-state index in [2.05, 4.69) is 9.46 Å². The summed E-state index contributed by atoms with van der Waals surface area (Å²) in [6, 6.07) is 0. The van der Waals surface area contributed by atoms with Crippen LogP contribution in [0, 0.1) is 5.92 Å². The Bertz CT molecular complexity index is 410. The Kier molecular flexibility index (Phi) is 5.76. The van der Waals surface area contributed by atoms with Crippen LogP contribution in [-0.4, -0.2) is 39.3 Å². The fraction of sp³-hybridized carbons (Fsp3) is 0.917. The number of hydrogen-bond donors (Lipinski definition) is 2. The number of sulfonamides is 1. The highest BCUT2D eigenvalue weighted by Gasteiger charge is 2.40. The van der Waals surface area contributed by atoms with Gasteiger partial charge in [0.25, 0.3) is 0 Å². The molecule has 0 amide bonds. The van der Waals surface area contributed by atoms with E-state index in [0.29, 0.717) is 0 Å². The fourth-order valence-corrected chi connectivity index (χ4v) is 4.13. The summed E-state index contributed by atoms with van der Waals surface area (Å²) in [5.74, 6) is -0.572. The minimum Gasteiger partial charge on any atom is -0.469 e. The van der Waals surface area contributed by atoms with Gasteiger partial charge in [-0.15, -0.1) is 0 Å². The summed E-state index contributed by atoms with van der Waals surface area (Å²) in [7, 11) is -2.28. The smallest absolute Gasteiger partial charge is 0.306 e. The van der Waals surface area contributed by atoms with Gasteiger partial charge in [-0.2, -0.15) is 0 Å². The Morgan fingerprint density at radius 1 is 1.47 bits per heavy atom. The monoisotopic (exact) mass is 292 g/mol. The van der Waals surface area contributed by atoms with Crippen LogP contribution in [0.1, 0.15) is 39.0 Å². The Morgan fingerprint density at radius 2 is 2.16 bits per heavy atom. The lowest BCUT2D eigenvalue weighted by atomic mass is 9.74. The molecule has 0 aromatic heterocycles. The van der Waals surface area contributed by atoms with E-state index in [1.54, 1.807) is 0 Å². The molecule has 0 aliphatic heterocycles.